The summed E-state index contributed by atoms with van der Waals surface area (Å²) in [5, 5.41) is 15.3. The molecule has 4 rings (SSSR count). The highest BCUT2D eigenvalue weighted by Crippen LogP contribution is 2.26. The van der Waals surface area contributed by atoms with Gasteiger partial charge in [0.15, 0.2) is 0 Å². The molecule has 2 aliphatic carbocycles. The summed E-state index contributed by atoms with van der Waals surface area (Å²) in [6.45, 7) is 3.03. The topological polar surface area (TPSA) is 47.9 Å². The molecular weight excluding hydrogens is 362 g/mol. The van der Waals surface area contributed by atoms with Crippen molar-refractivity contribution in [3.05, 3.63) is 88.5 Å². The van der Waals surface area contributed by atoms with E-state index in [0.29, 0.717) is 11.9 Å². The molecule has 0 aliphatic heterocycles. The first-order valence-electron chi connectivity index (χ1n) is 9.75. The van der Waals surface area contributed by atoms with Crippen molar-refractivity contribution in [1.29, 1.82) is 5.41 Å². The Morgan fingerprint density at radius 2 is 2.00 bits per heavy atom. The number of aryl methyl sites for hydroxylation is 1. The van der Waals surface area contributed by atoms with Gasteiger partial charge in [0.2, 0.25) is 0 Å². The fraction of sp³-hybridized carbons (Fsp3) is 0.250. The van der Waals surface area contributed by atoms with Gasteiger partial charge in [0.1, 0.15) is 5.84 Å². The maximum Gasteiger partial charge on any atom is 0.131 e. The third-order valence-corrected chi connectivity index (χ3v) is 5.74. The third-order valence-electron chi connectivity index (χ3n) is 5.36. The van der Waals surface area contributed by atoms with Crippen LogP contribution in [0, 0.1) is 12.3 Å². The van der Waals surface area contributed by atoms with Gasteiger partial charge in [0.25, 0.3) is 0 Å². The number of fused-ring (bicyclic) bond motifs is 1. The minimum atomic E-state index is 0.376. The molecule has 2 aromatic carbocycles. The quantitative estimate of drug-likeness (QED) is 0.389. The van der Waals surface area contributed by atoms with Crippen LogP contribution in [0.15, 0.2) is 66.3 Å². The first-order chi connectivity index (χ1) is 13.6. The van der Waals surface area contributed by atoms with E-state index in [0.717, 1.165) is 41.9 Å². The van der Waals surface area contributed by atoms with E-state index >= 15 is 0 Å². The van der Waals surface area contributed by atoms with Crippen molar-refractivity contribution >= 4 is 28.6 Å². The zero-order valence-electron chi connectivity index (χ0n) is 16.1. The molecule has 2 aromatic rings. The number of hydrogen-bond donors (Lipinski definition) is 3. The van der Waals surface area contributed by atoms with Gasteiger partial charge < -0.3 is 10.6 Å². The van der Waals surface area contributed by atoms with Crippen LogP contribution in [0.25, 0.3) is 0 Å². The zero-order valence-corrected chi connectivity index (χ0v) is 16.9. The highest BCUT2D eigenvalue weighted by molar-refractivity contribution is 7.81. The molecule has 1 atom stereocenters. The lowest BCUT2D eigenvalue weighted by Gasteiger charge is -2.14. The van der Waals surface area contributed by atoms with Crippen LogP contribution in [0.3, 0.4) is 0 Å². The predicted molar refractivity (Wildman–Crippen MR) is 121 cm³/mol. The molecule has 28 heavy (non-hydrogen) atoms. The highest BCUT2D eigenvalue weighted by Gasteiger charge is 2.21. The minimum Gasteiger partial charge on any atom is -0.340 e. The second kappa shape index (κ2) is 8.21. The van der Waals surface area contributed by atoms with E-state index in [9.17, 15) is 0 Å². The Bertz CT molecular complexity index is 987. The van der Waals surface area contributed by atoms with Crippen LogP contribution < -0.4 is 10.6 Å². The summed E-state index contributed by atoms with van der Waals surface area (Å²) in [6, 6.07) is 15.6. The van der Waals surface area contributed by atoms with Crippen LogP contribution in [-0.2, 0) is 19.4 Å². The predicted octanol–water partition coefficient (Wildman–Crippen LogP) is 4.90. The zero-order chi connectivity index (χ0) is 19.5. The van der Waals surface area contributed by atoms with E-state index in [1.54, 1.807) is 0 Å². The molecule has 0 radical (unpaired) electrons. The molecule has 3 nitrogen and oxygen atoms in total. The average molecular weight is 388 g/mol. The number of anilines is 1. The van der Waals surface area contributed by atoms with Crippen LogP contribution in [0.2, 0.25) is 0 Å². The summed E-state index contributed by atoms with van der Waals surface area (Å²) >= 11 is 5.38. The van der Waals surface area contributed by atoms with E-state index in [4.69, 9.17) is 17.6 Å². The van der Waals surface area contributed by atoms with Gasteiger partial charge in [-0.05, 0) is 48.6 Å². The summed E-state index contributed by atoms with van der Waals surface area (Å²) < 4.78 is 0. The lowest BCUT2D eigenvalue weighted by atomic mass is 10.0. The first kappa shape index (κ1) is 18.8. The van der Waals surface area contributed by atoms with E-state index in [2.05, 4.69) is 60.0 Å². The van der Waals surface area contributed by atoms with Crippen LogP contribution in [-0.4, -0.2) is 16.7 Å². The standard InChI is InChI=1S/C24H25N3S/c1-16-5-4-6-17(11-16)15-26-21-12-18-9-10-20(13-19(18)14-21)27-24(25)22-7-2-3-8-23(22)28/h2-7,9-11,13,21,26H,8,12,14-15H2,1H3,(H2,25,27). The van der Waals surface area contributed by atoms with Crippen molar-refractivity contribution in [2.45, 2.75) is 38.8 Å². The van der Waals surface area contributed by atoms with Crippen molar-refractivity contribution < 1.29 is 0 Å². The van der Waals surface area contributed by atoms with Crippen LogP contribution in [0.5, 0.6) is 0 Å². The summed E-state index contributed by atoms with van der Waals surface area (Å²) in [4.78, 5) is 0.821. The monoisotopic (exact) mass is 387 g/mol. The van der Waals surface area contributed by atoms with Gasteiger partial charge in [-0.25, -0.2) is 0 Å². The second-order valence-electron chi connectivity index (χ2n) is 7.59. The SMILES string of the molecule is Cc1cccc(CNC2Cc3ccc(NC(=N)C4=CC=CCC4=S)cc3C2)c1. The number of rotatable bonds is 5. The van der Waals surface area contributed by atoms with Gasteiger partial charge in [-0.3, -0.25) is 5.41 Å². The molecule has 0 bridgehead atoms. The van der Waals surface area contributed by atoms with Gasteiger partial charge in [-0.1, -0.05) is 66.3 Å². The summed E-state index contributed by atoms with van der Waals surface area (Å²) in [5.74, 6) is 0.376. The van der Waals surface area contributed by atoms with Crippen LogP contribution in [0.4, 0.5) is 5.69 Å². The molecule has 1 unspecified atom stereocenters. The molecule has 0 saturated carbocycles. The lowest BCUT2D eigenvalue weighted by Crippen LogP contribution is -2.28. The van der Waals surface area contributed by atoms with E-state index in [1.165, 1.54) is 22.3 Å². The largest absolute Gasteiger partial charge is 0.340 e. The van der Waals surface area contributed by atoms with E-state index < -0.39 is 0 Å². The Balaban J connectivity index is 1.37. The molecular formula is C24H25N3S. The Hall–Kier alpha value is -2.56. The lowest BCUT2D eigenvalue weighted by molar-refractivity contribution is 0.533. The van der Waals surface area contributed by atoms with Crippen molar-refractivity contribution in [2.75, 3.05) is 5.32 Å². The molecule has 0 fully saturated rings. The highest BCUT2D eigenvalue weighted by atomic mass is 32.1. The van der Waals surface area contributed by atoms with Gasteiger partial charge in [-0.2, -0.15) is 0 Å². The Kier molecular flexibility index (Phi) is 5.51. The number of nitrogens with one attached hydrogen (secondary N) is 3. The maximum absolute atomic E-state index is 8.35. The molecule has 2 aliphatic rings. The van der Waals surface area contributed by atoms with Gasteiger partial charge >= 0.3 is 0 Å². The second-order valence-corrected chi connectivity index (χ2v) is 8.09. The molecule has 0 aromatic heterocycles. The van der Waals surface area contributed by atoms with Crippen molar-refractivity contribution in [2.24, 2.45) is 0 Å². The summed E-state index contributed by atoms with van der Waals surface area (Å²) in [6.07, 6.45) is 8.73. The number of amidine groups is 1. The van der Waals surface area contributed by atoms with Crippen molar-refractivity contribution in [1.82, 2.24) is 5.32 Å². The molecule has 142 valence electrons. The molecule has 4 heteroatoms. The summed E-state index contributed by atoms with van der Waals surface area (Å²) in [5.41, 5.74) is 7.17. The van der Waals surface area contributed by atoms with Crippen LogP contribution in [0.1, 0.15) is 28.7 Å². The number of benzene rings is 2. The third kappa shape index (κ3) is 4.29. The first-order valence-corrected chi connectivity index (χ1v) is 10.2. The number of hydrogen-bond acceptors (Lipinski definition) is 3. The Morgan fingerprint density at radius 1 is 1.14 bits per heavy atom. The molecule has 0 spiro atoms. The van der Waals surface area contributed by atoms with Crippen LogP contribution >= 0.6 is 12.2 Å². The average Bonchev–Trinajstić information content (AvgIpc) is 3.09. The van der Waals surface area contributed by atoms with Crippen molar-refractivity contribution in [3.63, 3.8) is 0 Å². The molecule has 0 amide bonds. The molecule has 3 N–H and O–H groups in total. The minimum absolute atomic E-state index is 0.376. The fourth-order valence-electron chi connectivity index (χ4n) is 3.90. The number of allylic oxidation sites excluding steroid dienone is 3. The van der Waals surface area contributed by atoms with Crippen molar-refractivity contribution in [3.8, 4) is 0 Å². The summed E-state index contributed by atoms with van der Waals surface area (Å²) in [7, 11) is 0. The number of thiocarbonyl (C=S) groups is 1. The maximum atomic E-state index is 8.35. The fourth-order valence-corrected chi connectivity index (χ4v) is 4.17. The van der Waals surface area contributed by atoms with Gasteiger partial charge in [0.05, 0.1) is 0 Å². The van der Waals surface area contributed by atoms with E-state index in [-0.39, 0.29) is 0 Å². The molecule has 0 saturated heterocycles. The normalized spacial score (nSPS) is 18.0. The molecule has 0 heterocycles. The smallest absolute Gasteiger partial charge is 0.131 e. The van der Waals surface area contributed by atoms with Gasteiger partial charge in [-0.15, -0.1) is 0 Å². The van der Waals surface area contributed by atoms with E-state index in [1.807, 2.05) is 18.2 Å². The van der Waals surface area contributed by atoms with Gasteiger partial charge in [0, 0.05) is 35.1 Å². The Labute approximate surface area is 172 Å². The Morgan fingerprint density at radius 3 is 2.82 bits per heavy atom.